The van der Waals surface area contributed by atoms with E-state index in [9.17, 15) is 0 Å². The molecule has 0 amide bonds. The summed E-state index contributed by atoms with van der Waals surface area (Å²) in [6.07, 6.45) is 2.04. The Bertz CT molecular complexity index is 251. The zero-order valence-electron chi connectivity index (χ0n) is 9.43. The minimum absolute atomic E-state index is 0.0152. The predicted octanol–water partition coefficient (Wildman–Crippen LogP) is 1.45. The second kappa shape index (κ2) is 3.87. The van der Waals surface area contributed by atoms with Gasteiger partial charge in [-0.25, -0.2) is 0 Å². The molecule has 0 bridgehead atoms. The maximum Gasteiger partial charge on any atom is 0.190 e. The number of hydrogen-bond acceptors (Lipinski definition) is 4. The van der Waals surface area contributed by atoms with Crippen LogP contribution in [0.4, 0.5) is 0 Å². The zero-order valence-corrected chi connectivity index (χ0v) is 9.43. The van der Waals surface area contributed by atoms with Crippen molar-refractivity contribution in [3.8, 4) is 0 Å². The Hall–Kier alpha value is -0.420. The van der Waals surface area contributed by atoms with Crippen molar-refractivity contribution in [2.24, 2.45) is 0 Å². The van der Waals surface area contributed by atoms with Crippen LogP contribution in [0.3, 0.4) is 0 Å². The van der Waals surface area contributed by atoms with Crippen molar-refractivity contribution in [3.05, 3.63) is 12.7 Å². The van der Waals surface area contributed by atoms with Crippen LogP contribution in [-0.4, -0.2) is 37.5 Å². The van der Waals surface area contributed by atoms with Crippen LogP contribution in [0.2, 0.25) is 0 Å². The van der Waals surface area contributed by atoms with Gasteiger partial charge in [-0.1, -0.05) is 6.08 Å². The first kappa shape index (κ1) is 11.1. The summed E-state index contributed by atoms with van der Waals surface area (Å²) in [7, 11) is 1.67. The van der Waals surface area contributed by atoms with Crippen molar-refractivity contribution in [1.82, 2.24) is 0 Å². The molecule has 4 nitrogen and oxygen atoms in total. The van der Waals surface area contributed by atoms with E-state index >= 15 is 0 Å². The predicted molar refractivity (Wildman–Crippen MR) is 54.3 cm³/mol. The van der Waals surface area contributed by atoms with Gasteiger partial charge in [-0.05, 0) is 20.3 Å². The Balaban J connectivity index is 2.07. The molecule has 15 heavy (non-hydrogen) atoms. The first-order valence-corrected chi connectivity index (χ1v) is 5.22. The third-order valence-corrected chi connectivity index (χ3v) is 2.76. The minimum atomic E-state index is -0.578. The fraction of sp³-hybridized carbons (Fsp3) is 0.818. The van der Waals surface area contributed by atoms with Gasteiger partial charge in [-0.3, -0.25) is 0 Å². The molecule has 2 heterocycles. The van der Waals surface area contributed by atoms with Gasteiger partial charge in [-0.2, -0.15) is 0 Å². The standard InChI is InChI=1S/C11H18O4/c1-5-6-7-8(12-4)9-10(13-7)15-11(2,3)14-9/h5,7-10H,1,6H2,2-4H3/t7-,8+,9-,10-/m1/s1. The smallest absolute Gasteiger partial charge is 0.190 e. The lowest BCUT2D eigenvalue weighted by molar-refractivity contribution is -0.215. The van der Waals surface area contributed by atoms with Gasteiger partial charge in [0.1, 0.15) is 12.2 Å². The summed E-state index contributed by atoms with van der Waals surface area (Å²) < 4.78 is 22.5. The van der Waals surface area contributed by atoms with E-state index < -0.39 is 5.79 Å². The first-order chi connectivity index (χ1) is 7.07. The highest BCUT2D eigenvalue weighted by molar-refractivity contribution is 4.96. The first-order valence-electron chi connectivity index (χ1n) is 5.22. The van der Waals surface area contributed by atoms with E-state index in [2.05, 4.69) is 6.58 Å². The molecule has 2 fully saturated rings. The van der Waals surface area contributed by atoms with Crippen molar-refractivity contribution in [1.29, 1.82) is 0 Å². The quantitative estimate of drug-likeness (QED) is 0.666. The second-order valence-corrected chi connectivity index (χ2v) is 4.37. The fourth-order valence-electron chi connectivity index (χ4n) is 2.19. The highest BCUT2D eigenvalue weighted by Gasteiger charge is 2.54. The maximum absolute atomic E-state index is 5.75. The molecule has 0 N–H and O–H groups in total. The summed E-state index contributed by atoms with van der Waals surface area (Å²) in [4.78, 5) is 0. The number of methoxy groups -OCH3 is 1. The third kappa shape index (κ3) is 1.95. The van der Waals surface area contributed by atoms with E-state index in [4.69, 9.17) is 18.9 Å². The Morgan fingerprint density at radius 2 is 2.13 bits per heavy atom. The van der Waals surface area contributed by atoms with E-state index in [0.29, 0.717) is 0 Å². The summed E-state index contributed by atoms with van der Waals surface area (Å²) >= 11 is 0. The summed E-state index contributed by atoms with van der Waals surface area (Å²) in [6, 6.07) is 0. The molecule has 0 aromatic carbocycles. The molecular weight excluding hydrogens is 196 g/mol. The maximum atomic E-state index is 5.75. The molecule has 0 aromatic heterocycles. The SMILES string of the molecule is C=CC[C@H]1O[C@@H]2OC(C)(C)O[C@@H]2[C@H]1OC. The highest BCUT2D eigenvalue weighted by Crippen LogP contribution is 2.39. The molecule has 4 atom stereocenters. The average molecular weight is 214 g/mol. The molecule has 0 radical (unpaired) electrons. The van der Waals surface area contributed by atoms with Crippen LogP contribution < -0.4 is 0 Å². The monoisotopic (exact) mass is 214 g/mol. The van der Waals surface area contributed by atoms with Crippen molar-refractivity contribution >= 4 is 0 Å². The molecule has 0 unspecified atom stereocenters. The molecule has 0 aromatic rings. The van der Waals surface area contributed by atoms with Crippen molar-refractivity contribution < 1.29 is 18.9 Å². The average Bonchev–Trinajstić information content (AvgIpc) is 2.56. The third-order valence-electron chi connectivity index (χ3n) is 2.76. The van der Waals surface area contributed by atoms with Gasteiger partial charge in [0.05, 0.1) is 6.10 Å². The van der Waals surface area contributed by atoms with Gasteiger partial charge < -0.3 is 18.9 Å². The molecule has 0 aliphatic carbocycles. The van der Waals surface area contributed by atoms with Gasteiger partial charge in [0.15, 0.2) is 12.1 Å². The van der Waals surface area contributed by atoms with Crippen LogP contribution in [0.1, 0.15) is 20.3 Å². The minimum Gasteiger partial charge on any atom is -0.376 e. The van der Waals surface area contributed by atoms with Gasteiger partial charge in [0.25, 0.3) is 0 Å². The summed E-state index contributed by atoms with van der Waals surface area (Å²) in [5.41, 5.74) is 0. The topological polar surface area (TPSA) is 36.9 Å². The molecule has 86 valence electrons. The van der Waals surface area contributed by atoms with Gasteiger partial charge in [0.2, 0.25) is 0 Å². The van der Waals surface area contributed by atoms with Crippen LogP contribution in [0.15, 0.2) is 12.7 Å². The molecule has 2 aliphatic rings. The van der Waals surface area contributed by atoms with Gasteiger partial charge in [-0.15, -0.1) is 6.58 Å². The molecule has 2 rings (SSSR count). The largest absolute Gasteiger partial charge is 0.376 e. The van der Waals surface area contributed by atoms with Crippen LogP contribution in [0.5, 0.6) is 0 Å². The van der Waals surface area contributed by atoms with Gasteiger partial charge >= 0.3 is 0 Å². The molecular formula is C11H18O4. The Morgan fingerprint density at radius 3 is 2.73 bits per heavy atom. The Labute approximate surface area is 90.1 Å². The van der Waals surface area contributed by atoms with E-state index in [1.807, 2.05) is 19.9 Å². The molecule has 2 aliphatic heterocycles. The van der Waals surface area contributed by atoms with Crippen molar-refractivity contribution in [2.45, 2.75) is 50.7 Å². The van der Waals surface area contributed by atoms with Crippen LogP contribution in [0, 0.1) is 0 Å². The number of fused-ring (bicyclic) bond motifs is 1. The summed E-state index contributed by atoms with van der Waals surface area (Å²) in [6.45, 7) is 7.46. The summed E-state index contributed by atoms with van der Waals surface area (Å²) in [5.74, 6) is -0.578. The Morgan fingerprint density at radius 1 is 1.40 bits per heavy atom. The number of hydrogen-bond donors (Lipinski definition) is 0. The lowest BCUT2D eigenvalue weighted by Crippen LogP contribution is -2.35. The summed E-state index contributed by atoms with van der Waals surface area (Å²) in [5, 5.41) is 0. The molecule has 2 saturated heterocycles. The van der Waals surface area contributed by atoms with Gasteiger partial charge in [0, 0.05) is 7.11 Å². The number of ether oxygens (including phenoxy) is 4. The highest BCUT2D eigenvalue weighted by atomic mass is 16.8. The van der Waals surface area contributed by atoms with E-state index in [-0.39, 0.29) is 24.6 Å². The van der Waals surface area contributed by atoms with Crippen molar-refractivity contribution in [3.63, 3.8) is 0 Å². The van der Waals surface area contributed by atoms with E-state index in [1.54, 1.807) is 7.11 Å². The molecule has 4 heteroatoms. The number of rotatable bonds is 3. The Kier molecular flexibility index (Phi) is 2.85. The lowest BCUT2D eigenvalue weighted by Gasteiger charge is -2.24. The second-order valence-electron chi connectivity index (χ2n) is 4.37. The normalized spacial score (nSPS) is 42.9. The van der Waals surface area contributed by atoms with Crippen molar-refractivity contribution in [2.75, 3.05) is 7.11 Å². The lowest BCUT2D eigenvalue weighted by atomic mass is 10.1. The fourth-order valence-corrected chi connectivity index (χ4v) is 2.19. The van der Waals surface area contributed by atoms with E-state index in [0.717, 1.165) is 6.42 Å². The van der Waals surface area contributed by atoms with Crippen LogP contribution >= 0.6 is 0 Å². The zero-order chi connectivity index (χ0) is 11.1. The molecule has 0 saturated carbocycles. The van der Waals surface area contributed by atoms with Crippen LogP contribution in [-0.2, 0) is 18.9 Å². The molecule has 0 spiro atoms. The van der Waals surface area contributed by atoms with Crippen LogP contribution in [0.25, 0.3) is 0 Å². The van der Waals surface area contributed by atoms with E-state index in [1.165, 1.54) is 0 Å².